The Morgan fingerprint density at radius 1 is 1.24 bits per heavy atom. The largest absolute Gasteiger partial charge is 0.433 e. The highest BCUT2D eigenvalue weighted by molar-refractivity contribution is 5.96. The fourth-order valence-corrected chi connectivity index (χ4v) is 1.59. The second kappa shape index (κ2) is 4.53. The van der Waals surface area contributed by atoms with E-state index in [1.54, 1.807) is 6.92 Å². The highest BCUT2D eigenvalue weighted by Gasteiger charge is 2.20. The molecule has 0 spiro atoms. The second-order valence-corrected chi connectivity index (χ2v) is 4.32. The average molecular weight is 229 g/mol. The quantitative estimate of drug-likeness (QED) is 0.756. The summed E-state index contributed by atoms with van der Waals surface area (Å²) >= 11 is 0. The first-order chi connectivity index (χ1) is 8.09. The maximum absolute atomic E-state index is 11.9. The Kier molecular flexibility index (Phi) is 3.09. The van der Waals surface area contributed by atoms with E-state index < -0.39 is 0 Å². The number of rotatable bonds is 3. The van der Waals surface area contributed by atoms with Crippen molar-refractivity contribution in [2.45, 2.75) is 20.8 Å². The van der Waals surface area contributed by atoms with Crippen molar-refractivity contribution < 1.29 is 9.21 Å². The van der Waals surface area contributed by atoms with Crippen LogP contribution >= 0.6 is 0 Å². The lowest BCUT2D eigenvalue weighted by atomic mass is 10.1. The zero-order chi connectivity index (χ0) is 12.4. The van der Waals surface area contributed by atoms with E-state index in [9.17, 15) is 4.79 Å². The lowest BCUT2D eigenvalue weighted by Gasteiger charge is -1.99. The Morgan fingerprint density at radius 3 is 2.47 bits per heavy atom. The van der Waals surface area contributed by atoms with Crippen molar-refractivity contribution in [2.75, 3.05) is 0 Å². The highest BCUT2D eigenvalue weighted by atomic mass is 16.4. The first-order valence-electron chi connectivity index (χ1n) is 5.66. The number of Topliss-reactive ketones (excluding diaryl/α,β-unsaturated/α-hetero) is 1. The molecule has 0 bridgehead atoms. The topological polar surface area (TPSA) is 43.1 Å². The molecular weight excluding hydrogens is 214 g/mol. The van der Waals surface area contributed by atoms with E-state index in [1.165, 1.54) is 0 Å². The molecular formula is C14H15NO2. The number of oxazole rings is 1. The molecule has 0 aliphatic rings. The van der Waals surface area contributed by atoms with Gasteiger partial charge in [-0.1, -0.05) is 32.0 Å². The molecule has 3 nitrogen and oxygen atoms in total. The SMILES string of the molecule is Cc1nc(-c2ccccc2)oc1C(=O)C(C)C. The molecule has 1 aromatic carbocycles. The van der Waals surface area contributed by atoms with Crippen molar-refractivity contribution in [3.05, 3.63) is 41.8 Å². The molecule has 3 heteroatoms. The monoisotopic (exact) mass is 229 g/mol. The van der Waals surface area contributed by atoms with Gasteiger partial charge < -0.3 is 4.42 Å². The van der Waals surface area contributed by atoms with Gasteiger partial charge in [0, 0.05) is 11.5 Å². The second-order valence-electron chi connectivity index (χ2n) is 4.32. The third-order valence-electron chi connectivity index (χ3n) is 2.57. The summed E-state index contributed by atoms with van der Waals surface area (Å²) in [6.07, 6.45) is 0. The lowest BCUT2D eigenvalue weighted by molar-refractivity contribution is 0.0911. The van der Waals surface area contributed by atoms with Crippen molar-refractivity contribution in [1.82, 2.24) is 4.98 Å². The van der Waals surface area contributed by atoms with Crippen molar-refractivity contribution in [3.63, 3.8) is 0 Å². The third kappa shape index (κ3) is 2.28. The number of carbonyl (C=O) groups excluding carboxylic acids is 1. The molecule has 0 radical (unpaired) electrons. The maximum atomic E-state index is 11.9. The minimum absolute atomic E-state index is 0.00261. The van der Waals surface area contributed by atoms with Gasteiger partial charge in [-0.25, -0.2) is 4.98 Å². The standard InChI is InChI=1S/C14H15NO2/c1-9(2)12(16)13-10(3)15-14(17-13)11-7-5-4-6-8-11/h4-9H,1-3H3. The van der Waals surface area contributed by atoms with Crippen LogP contribution in [0.1, 0.15) is 30.1 Å². The zero-order valence-electron chi connectivity index (χ0n) is 10.2. The van der Waals surface area contributed by atoms with Crippen LogP contribution in [0.15, 0.2) is 34.7 Å². The van der Waals surface area contributed by atoms with Crippen LogP contribution in [0, 0.1) is 12.8 Å². The minimum Gasteiger partial charge on any atom is -0.433 e. The summed E-state index contributed by atoms with van der Waals surface area (Å²) in [5.41, 5.74) is 1.54. The molecule has 88 valence electrons. The Labute approximate surface area is 100 Å². The molecule has 2 aromatic rings. The summed E-state index contributed by atoms with van der Waals surface area (Å²) in [7, 11) is 0. The number of ketones is 1. The van der Waals surface area contributed by atoms with Gasteiger partial charge in [0.15, 0.2) is 5.76 Å². The van der Waals surface area contributed by atoms with Crippen LogP contribution in [0.2, 0.25) is 0 Å². The zero-order valence-corrected chi connectivity index (χ0v) is 10.2. The molecule has 0 unspecified atom stereocenters. The normalized spacial score (nSPS) is 10.8. The number of hydrogen-bond donors (Lipinski definition) is 0. The molecule has 0 aliphatic heterocycles. The molecule has 0 N–H and O–H groups in total. The van der Waals surface area contributed by atoms with Crippen molar-refractivity contribution in [1.29, 1.82) is 0 Å². The van der Waals surface area contributed by atoms with E-state index in [1.807, 2.05) is 44.2 Å². The molecule has 2 rings (SSSR count). The van der Waals surface area contributed by atoms with E-state index in [0.29, 0.717) is 17.3 Å². The van der Waals surface area contributed by atoms with Gasteiger partial charge in [0.25, 0.3) is 0 Å². The van der Waals surface area contributed by atoms with Crippen LogP contribution in [-0.4, -0.2) is 10.8 Å². The molecule has 1 aromatic heterocycles. The van der Waals surface area contributed by atoms with E-state index in [4.69, 9.17) is 4.42 Å². The lowest BCUT2D eigenvalue weighted by Crippen LogP contribution is -2.07. The number of benzene rings is 1. The smallest absolute Gasteiger partial charge is 0.227 e. The van der Waals surface area contributed by atoms with Crippen LogP contribution in [0.5, 0.6) is 0 Å². The molecule has 0 saturated carbocycles. The van der Waals surface area contributed by atoms with Crippen molar-refractivity contribution in [2.24, 2.45) is 5.92 Å². The fraction of sp³-hybridized carbons (Fsp3) is 0.286. The van der Waals surface area contributed by atoms with Crippen LogP contribution in [0.4, 0.5) is 0 Å². The minimum atomic E-state index is -0.0785. The van der Waals surface area contributed by atoms with Crippen LogP contribution < -0.4 is 0 Å². The summed E-state index contributed by atoms with van der Waals surface area (Å²) in [6, 6.07) is 9.58. The summed E-state index contributed by atoms with van der Waals surface area (Å²) in [6.45, 7) is 5.50. The molecule has 0 amide bonds. The number of nitrogens with zero attached hydrogens (tertiary/aromatic N) is 1. The van der Waals surface area contributed by atoms with E-state index >= 15 is 0 Å². The molecule has 0 aliphatic carbocycles. The number of aromatic nitrogens is 1. The molecule has 1 heterocycles. The predicted octanol–water partition coefficient (Wildman–Crippen LogP) is 3.49. The van der Waals surface area contributed by atoms with Crippen LogP contribution in [-0.2, 0) is 0 Å². The number of carbonyl (C=O) groups is 1. The predicted molar refractivity (Wildman–Crippen MR) is 65.8 cm³/mol. The third-order valence-corrected chi connectivity index (χ3v) is 2.57. The number of hydrogen-bond acceptors (Lipinski definition) is 3. The first-order valence-corrected chi connectivity index (χ1v) is 5.66. The van der Waals surface area contributed by atoms with Gasteiger partial charge in [-0.2, -0.15) is 0 Å². The van der Waals surface area contributed by atoms with Crippen molar-refractivity contribution >= 4 is 5.78 Å². The van der Waals surface area contributed by atoms with E-state index in [2.05, 4.69) is 4.98 Å². The van der Waals surface area contributed by atoms with Gasteiger partial charge in [0.1, 0.15) is 0 Å². The summed E-state index contributed by atoms with van der Waals surface area (Å²) < 4.78 is 5.56. The van der Waals surface area contributed by atoms with E-state index in [-0.39, 0.29) is 11.7 Å². The molecule has 0 fully saturated rings. The average Bonchev–Trinajstić information content (AvgIpc) is 2.71. The van der Waals surface area contributed by atoms with Gasteiger partial charge in [0.05, 0.1) is 5.69 Å². The summed E-state index contributed by atoms with van der Waals surface area (Å²) in [4.78, 5) is 16.2. The van der Waals surface area contributed by atoms with Gasteiger partial charge in [-0.15, -0.1) is 0 Å². The fourth-order valence-electron chi connectivity index (χ4n) is 1.59. The Bertz CT molecular complexity index is 526. The Hall–Kier alpha value is -1.90. The highest BCUT2D eigenvalue weighted by Crippen LogP contribution is 2.23. The van der Waals surface area contributed by atoms with Crippen LogP contribution in [0.3, 0.4) is 0 Å². The van der Waals surface area contributed by atoms with Gasteiger partial charge in [-0.05, 0) is 19.1 Å². The van der Waals surface area contributed by atoms with Gasteiger partial charge in [-0.3, -0.25) is 4.79 Å². The molecule has 17 heavy (non-hydrogen) atoms. The van der Waals surface area contributed by atoms with Crippen molar-refractivity contribution in [3.8, 4) is 11.5 Å². The maximum Gasteiger partial charge on any atom is 0.227 e. The van der Waals surface area contributed by atoms with Gasteiger partial charge >= 0.3 is 0 Å². The molecule has 0 atom stereocenters. The Balaban J connectivity index is 2.41. The van der Waals surface area contributed by atoms with E-state index in [0.717, 1.165) is 5.56 Å². The summed E-state index contributed by atoms with van der Waals surface area (Å²) in [5, 5.41) is 0. The first kappa shape index (κ1) is 11.6. The Morgan fingerprint density at radius 2 is 1.88 bits per heavy atom. The van der Waals surface area contributed by atoms with Crippen LogP contribution in [0.25, 0.3) is 11.5 Å². The number of aryl methyl sites for hydroxylation is 1. The van der Waals surface area contributed by atoms with Gasteiger partial charge in [0.2, 0.25) is 11.7 Å². The molecule has 0 saturated heterocycles. The summed E-state index contributed by atoms with van der Waals surface area (Å²) in [5.74, 6) is 0.799.